The van der Waals surface area contributed by atoms with Gasteiger partial charge in [-0.05, 0) is 44.1 Å². The van der Waals surface area contributed by atoms with Crippen LogP contribution >= 0.6 is 0 Å². The van der Waals surface area contributed by atoms with Gasteiger partial charge < -0.3 is 15.2 Å². The molecule has 0 heterocycles. The first-order valence-corrected chi connectivity index (χ1v) is 7.22. The maximum absolute atomic E-state index is 6.16. The highest BCUT2D eigenvalue weighted by atomic mass is 16.5. The number of benzene rings is 1. The molecule has 19 heavy (non-hydrogen) atoms. The summed E-state index contributed by atoms with van der Waals surface area (Å²) in [6.45, 7) is 1.99. The summed E-state index contributed by atoms with van der Waals surface area (Å²) in [7, 11) is 1.68. The monoisotopic (exact) mass is 261 g/mol. The van der Waals surface area contributed by atoms with E-state index in [1.165, 1.54) is 32.1 Å². The number of hydrogen-bond acceptors (Lipinski definition) is 3. The molecule has 2 fully saturated rings. The number of hydrogen-bond donors (Lipinski definition) is 1. The summed E-state index contributed by atoms with van der Waals surface area (Å²) in [5, 5.41) is 0. The molecule has 0 aliphatic heterocycles. The molecule has 2 saturated carbocycles. The van der Waals surface area contributed by atoms with Crippen LogP contribution in [0, 0.1) is 5.41 Å². The fourth-order valence-electron chi connectivity index (χ4n) is 3.37. The first-order valence-electron chi connectivity index (χ1n) is 7.22. The molecule has 3 nitrogen and oxygen atoms in total. The van der Waals surface area contributed by atoms with Gasteiger partial charge in [-0.25, -0.2) is 0 Å². The van der Waals surface area contributed by atoms with Crippen LogP contribution in [0.25, 0.3) is 0 Å². The number of nitrogens with two attached hydrogens (primary N) is 1. The van der Waals surface area contributed by atoms with Crippen molar-refractivity contribution in [2.75, 3.05) is 7.11 Å². The molecule has 1 aromatic rings. The number of rotatable bonds is 4. The molecule has 1 aromatic carbocycles. The lowest BCUT2D eigenvalue weighted by Crippen LogP contribution is -2.48. The van der Waals surface area contributed by atoms with E-state index in [0.717, 1.165) is 17.1 Å². The van der Waals surface area contributed by atoms with E-state index >= 15 is 0 Å². The minimum atomic E-state index is -0.0151. The van der Waals surface area contributed by atoms with Crippen LogP contribution in [0.3, 0.4) is 0 Å². The number of ether oxygens (including phenoxy) is 2. The van der Waals surface area contributed by atoms with Crippen LogP contribution in [0.15, 0.2) is 18.2 Å². The number of methoxy groups -OCH3 is 1. The molecule has 0 radical (unpaired) electrons. The Kier molecular flexibility index (Phi) is 3.17. The van der Waals surface area contributed by atoms with E-state index in [1.807, 2.05) is 25.1 Å². The third-order valence-electron chi connectivity index (χ3n) is 4.74. The van der Waals surface area contributed by atoms with Gasteiger partial charge in [0.15, 0.2) is 0 Å². The predicted octanol–water partition coefficient (Wildman–Crippen LogP) is 3.43. The van der Waals surface area contributed by atoms with Gasteiger partial charge in [-0.2, -0.15) is 0 Å². The van der Waals surface area contributed by atoms with Gasteiger partial charge in [0.2, 0.25) is 0 Å². The summed E-state index contributed by atoms with van der Waals surface area (Å²) in [5.41, 5.74) is 7.71. The van der Waals surface area contributed by atoms with E-state index in [4.69, 9.17) is 15.2 Å². The third kappa shape index (κ3) is 2.32. The van der Waals surface area contributed by atoms with E-state index in [-0.39, 0.29) is 6.04 Å². The van der Waals surface area contributed by atoms with Gasteiger partial charge in [-0.15, -0.1) is 0 Å². The highest BCUT2D eigenvalue weighted by Crippen LogP contribution is 2.56. The molecule has 1 atom stereocenters. The topological polar surface area (TPSA) is 44.5 Å². The zero-order valence-electron chi connectivity index (χ0n) is 11.8. The largest absolute Gasteiger partial charge is 0.497 e. The van der Waals surface area contributed by atoms with Crippen LogP contribution in [0.1, 0.15) is 50.6 Å². The Balaban J connectivity index is 1.71. The van der Waals surface area contributed by atoms with Gasteiger partial charge in [0, 0.05) is 17.7 Å². The molecule has 104 valence electrons. The summed E-state index contributed by atoms with van der Waals surface area (Å²) in [6, 6.07) is 5.90. The first kappa shape index (κ1) is 12.8. The Morgan fingerprint density at radius 2 is 2.05 bits per heavy atom. The summed E-state index contributed by atoms with van der Waals surface area (Å²) in [4.78, 5) is 0. The molecule has 0 saturated heterocycles. The second-order valence-electron chi connectivity index (χ2n) is 6.19. The molecule has 1 unspecified atom stereocenters. The average Bonchev–Trinajstić information content (AvgIpc) is 2.30. The van der Waals surface area contributed by atoms with Crippen LogP contribution in [0.2, 0.25) is 0 Å². The molecule has 2 aliphatic carbocycles. The van der Waals surface area contributed by atoms with Gasteiger partial charge in [-0.1, -0.05) is 12.5 Å². The SMILES string of the molecule is COc1ccc(C(C)N)c(OC2CC3(CCC3)C2)c1. The molecule has 0 bridgehead atoms. The van der Waals surface area contributed by atoms with Crippen LogP contribution in [-0.2, 0) is 0 Å². The summed E-state index contributed by atoms with van der Waals surface area (Å²) >= 11 is 0. The summed E-state index contributed by atoms with van der Waals surface area (Å²) in [6.07, 6.45) is 6.98. The third-order valence-corrected chi connectivity index (χ3v) is 4.74. The maximum atomic E-state index is 6.16. The van der Waals surface area contributed by atoms with Crippen LogP contribution in [0.5, 0.6) is 11.5 Å². The van der Waals surface area contributed by atoms with Crippen LogP contribution in [-0.4, -0.2) is 13.2 Å². The van der Waals surface area contributed by atoms with Crippen molar-refractivity contribution in [3.8, 4) is 11.5 Å². The van der Waals surface area contributed by atoms with Gasteiger partial charge in [0.25, 0.3) is 0 Å². The normalized spacial score (nSPS) is 22.5. The Hall–Kier alpha value is -1.22. The van der Waals surface area contributed by atoms with Crippen molar-refractivity contribution >= 4 is 0 Å². The highest BCUT2D eigenvalue weighted by Gasteiger charge is 2.49. The van der Waals surface area contributed by atoms with Crippen LogP contribution < -0.4 is 15.2 Å². The molecule has 3 heteroatoms. The molecule has 2 aliphatic rings. The van der Waals surface area contributed by atoms with E-state index in [0.29, 0.717) is 11.5 Å². The van der Waals surface area contributed by atoms with E-state index in [2.05, 4.69) is 0 Å². The van der Waals surface area contributed by atoms with Crippen molar-refractivity contribution in [2.45, 2.75) is 51.2 Å². The lowest BCUT2D eigenvalue weighted by atomic mass is 9.55. The van der Waals surface area contributed by atoms with Gasteiger partial charge in [0.1, 0.15) is 11.5 Å². The fraction of sp³-hybridized carbons (Fsp3) is 0.625. The Morgan fingerprint density at radius 3 is 2.58 bits per heavy atom. The highest BCUT2D eigenvalue weighted by molar-refractivity contribution is 5.42. The molecule has 3 rings (SSSR count). The van der Waals surface area contributed by atoms with Crippen molar-refractivity contribution in [2.24, 2.45) is 11.1 Å². The van der Waals surface area contributed by atoms with Gasteiger partial charge in [0.05, 0.1) is 13.2 Å². The zero-order valence-corrected chi connectivity index (χ0v) is 11.8. The van der Waals surface area contributed by atoms with Crippen molar-refractivity contribution in [1.82, 2.24) is 0 Å². The first-order chi connectivity index (χ1) is 9.12. The molecule has 0 amide bonds. The molecule has 0 aromatic heterocycles. The fourth-order valence-corrected chi connectivity index (χ4v) is 3.37. The Bertz CT molecular complexity index is 458. The van der Waals surface area contributed by atoms with Gasteiger partial charge in [-0.3, -0.25) is 0 Å². The maximum Gasteiger partial charge on any atom is 0.128 e. The van der Waals surface area contributed by atoms with Gasteiger partial charge >= 0.3 is 0 Å². The lowest BCUT2D eigenvalue weighted by molar-refractivity contribution is -0.0685. The van der Waals surface area contributed by atoms with Crippen molar-refractivity contribution in [1.29, 1.82) is 0 Å². The molecular weight excluding hydrogens is 238 g/mol. The van der Waals surface area contributed by atoms with Crippen molar-refractivity contribution < 1.29 is 9.47 Å². The summed E-state index contributed by atoms with van der Waals surface area (Å²) in [5.74, 6) is 1.73. The predicted molar refractivity (Wildman–Crippen MR) is 75.5 cm³/mol. The summed E-state index contributed by atoms with van der Waals surface area (Å²) < 4.78 is 11.4. The second kappa shape index (κ2) is 4.71. The molecule has 1 spiro atoms. The zero-order chi connectivity index (χ0) is 13.5. The Labute approximate surface area is 115 Å². The quantitative estimate of drug-likeness (QED) is 0.903. The average molecular weight is 261 g/mol. The van der Waals surface area contributed by atoms with E-state index in [9.17, 15) is 0 Å². The minimum absolute atomic E-state index is 0.0151. The van der Waals surface area contributed by atoms with E-state index < -0.39 is 0 Å². The van der Waals surface area contributed by atoms with Crippen molar-refractivity contribution in [3.63, 3.8) is 0 Å². The molecular formula is C16H23NO2. The second-order valence-corrected chi connectivity index (χ2v) is 6.19. The lowest BCUT2D eigenvalue weighted by Gasteiger charge is -2.53. The van der Waals surface area contributed by atoms with Crippen molar-refractivity contribution in [3.05, 3.63) is 23.8 Å². The van der Waals surface area contributed by atoms with E-state index in [1.54, 1.807) is 7.11 Å². The van der Waals surface area contributed by atoms with Crippen LogP contribution in [0.4, 0.5) is 0 Å². The smallest absolute Gasteiger partial charge is 0.128 e. The standard InChI is InChI=1S/C16H23NO2/c1-11(17)14-5-4-12(18-2)8-15(14)19-13-9-16(10-13)6-3-7-16/h4-5,8,11,13H,3,6-7,9-10,17H2,1-2H3. The minimum Gasteiger partial charge on any atom is -0.497 e. The Morgan fingerprint density at radius 1 is 1.32 bits per heavy atom. The molecule has 2 N–H and O–H groups in total.